The average Bonchev–Trinajstić information content (AvgIpc) is 3.22. The van der Waals surface area contributed by atoms with E-state index in [1.54, 1.807) is 48.7 Å². The van der Waals surface area contributed by atoms with Crippen LogP contribution in [0.4, 0.5) is 5.69 Å². The number of carbonyl (C=O) groups is 1. The third-order valence-electron chi connectivity index (χ3n) is 4.97. The predicted molar refractivity (Wildman–Crippen MR) is 135 cm³/mol. The Bertz CT molecular complexity index is 1490. The van der Waals surface area contributed by atoms with E-state index in [1.165, 1.54) is 6.21 Å². The van der Waals surface area contributed by atoms with E-state index in [2.05, 4.69) is 15.4 Å². The Morgan fingerprint density at radius 2 is 1.82 bits per heavy atom. The molecule has 0 unspecified atom stereocenters. The summed E-state index contributed by atoms with van der Waals surface area (Å²) in [6.45, 7) is 1.82. The second kappa shape index (κ2) is 9.56. The number of hydrogen-bond acceptors (Lipinski definition) is 7. The fraction of sp³-hybridized carbons (Fsp3) is 0.0417. The predicted octanol–water partition coefficient (Wildman–Crippen LogP) is 3.98. The lowest BCUT2D eigenvalue weighted by atomic mass is 10.0. The van der Waals surface area contributed by atoms with Crippen molar-refractivity contribution in [3.63, 3.8) is 0 Å². The van der Waals surface area contributed by atoms with E-state index >= 15 is 0 Å². The summed E-state index contributed by atoms with van der Waals surface area (Å²) >= 11 is 1.13. The maximum Gasteiger partial charge on any atom is 0.257 e. The average molecular weight is 492 g/mol. The summed E-state index contributed by atoms with van der Waals surface area (Å²) in [5.74, 6) is 4.92. The van der Waals surface area contributed by atoms with E-state index < -0.39 is 10.0 Å². The Labute approximate surface area is 201 Å². The van der Waals surface area contributed by atoms with Crippen molar-refractivity contribution in [3.05, 3.63) is 88.9 Å². The molecule has 10 heteroatoms. The van der Waals surface area contributed by atoms with Gasteiger partial charge in [0, 0.05) is 27.9 Å². The van der Waals surface area contributed by atoms with Crippen molar-refractivity contribution in [2.24, 2.45) is 16.1 Å². The summed E-state index contributed by atoms with van der Waals surface area (Å²) in [5.41, 5.74) is 4.24. The zero-order chi connectivity index (χ0) is 24.3. The molecule has 34 heavy (non-hydrogen) atoms. The number of primary sulfonamides is 1. The van der Waals surface area contributed by atoms with Crippen LogP contribution in [-0.4, -0.2) is 25.5 Å². The molecule has 0 bridgehead atoms. The number of carbonyl (C=O) groups excluding carboxylic acids is 1. The minimum absolute atomic E-state index is 0.115. The highest BCUT2D eigenvalue weighted by atomic mass is 32.2. The highest BCUT2D eigenvalue weighted by molar-refractivity contribution is 7.91. The quantitative estimate of drug-likeness (QED) is 0.213. The van der Waals surface area contributed by atoms with Crippen molar-refractivity contribution in [1.82, 2.24) is 4.98 Å². The van der Waals surface area contributed by atoms with Gasteiger partial charge in [-0.3, -0.25) is 9.78 Å². The van der Waals surface area contributed by atoms with Gasteiger partial charge < -0.3 is 11.2 Å². The van der Waals surface area contributed by atoms with Crippen LogP contribution in [0, 0.1) is 6.92 Å². The van der Waals surface area contributed by atoms with Gasteiger partial charge in [-0.2, -0.15) is 5.10 Å². The van der Waals surface area contributed by atoms with Crippen LogP contribution in [0.2, 0.25) is 0 Å². The van der Waals surface area contributed by atoms with Gasteiger partial charge in [0.2, 0.25) is 10.0 Å². The standard InChI is InChI=1S/C24H21N5O3S2/c1-15-12-21(24(33-15)34(26,31)32)17-7-9-19(10-8-17)29-23(30)20-6-3-11-27-22(20)18-5-2-4-16(13-18)14-28-25/h2-14H,25H2,1H3,(H,29,30)(H2,26,31,32). The fourth-order valence-corrected chi connectivity index (χ4v) is 5.61. The third-order valence-corrected chi connectivity index (χ3v) is 7.50. The molecular weight excluding hydrogens is 470 g/mol. The van der Waals surface area contributed by atoms with Gasteiger partial charge >= 0.3 is 0 Å². The molecule has 8 nitrogen and oxygen atoms in total. The second-order valence-corrected chi connectivity index (χ2v) is 10.5. The molecule has 0 fully saturated rings. The molecule has 0 saturated carbocycles. The van der Waals surface area contributed by atoms with Crippen molar-refractivity contribution in [2.45, 2.75) is 11.1 Å². The summed E-state index contributed by atoms with van der Waals surface area (Å²) in [6.07, 6.45) is 3.14. The summed E-state index contributed by atoms with van der Waals surface area (Å²) in [4.78, 5) is 18.3. The van der Waals surface area contributed by atoms with Gasteiger partial charge in [0.05, 0.1) is 17.5 Å². The minimum atomic E-state index is -3.84. The number of pyridine rings is 1. The van der Waals surface area contributed by atoms with E-state index in [0.29, 0.717) is 28.1 Å². The number of nitrogens with two attached hydrogens (primary N) is 2. The largest absolute Gasteiger partial charge is 0.323 e. The molecule has 5 N–H and O–H groups in total. The van der Waals surface area contributed by atoms with Gasteiger partial charge in [0.15, 0.2) is 0 Å². The number of nitrogens with zero attached hydrogens (tertiary/aromatic N) is 2. The first-order valence-corrected chi connectivity index (χ1v) is 12.5. The molecule has 0 saturated heterocycles. The van der Waals surface area contributed by atoms with Gasteiger partial charge in [-0.1, -0.05) is 30.3 Å². The Hall–Kier alpha value is -3.86. The number of nitrogens with one attached hydrogen (secondary N) is 1. The smallest absolute Gasteiger partial charge is 0.257 e. The number of rotatable bonds is 6. The highest BCUT2D eigenvalue weighted by Crippen LogP contribution is 2.34. The van der Waals surface area contributed by atoms with Crippen LogP contribution in [0.15, 0.2) is 82.2 Å². The molecule has 0 aliphatic rings. The third kappa shape index (κ3) is 5.04. The van der Waals surface area contributed by atoms with E-state index in [4.69, 9.17) is 11.0 Å². The summed E-state index contributed by atoms with van der Waals surface area (Å²) in [5, 5.41) is 11.8. The molecule has 0 spiro atoms. The van der Waals surface area contributed by atoms with Gasteiger partial charge in [-0.15, -0.1) is 11.3 Å². The lowest BCUT2D eigenvalue weighted by Gasteiger charge is -2.11. The van der Waals surface area contributed by atoms with E-state index in [-0.39, 0.29) is 10.1 Å². The SMILES string of the molecule is Cc1cc(-c2ccc(NC(=O)c3cccnc3-c3cccc(C=NN)c3)cc2)c(S(N)(=O)=O)s1. The number of benzene rings is 2. The molecule has 0 radical (unpaired) electrons. The van der Waals surface area contributed by atoms with Crippen molar-refractivity contribution in [2.75, 3.05) is 5.32 Å². The number of aryl methyl sites for hydroxylation is 1. The summed E-state index contributed by atoms with van der Waals surface area (Å²) in [7, 11) is -3.84. The van der Waals surface area contributed by atoms with E-state index in [9.17, 15) is 13.2 Å². The van der Waals surface area contributed by atoms with Crippen molar-refractivity contribution in [3.8, 4) is 22.4 Å². The van der Waals surface area contributed by atoms with Crippen LogP contribution in [0.1, 0.15) is 20.8 Å². The second-order valence-electron chi connectivity index (χ2n) is 7.44. The molecule has 2 aromatic carbocycles. The molecule has 172 valence electrons. The van der Waals surface area contributed by atoms with E-state index in [0.717, 1.165) is 27.3 Å². The maximum absolute atomic E-state index is 13.1. The van der Waals surface area contributed by atoms with Gasteiger partial charge in [-0.05, 0) is 54.4 Å². The van der Waals surface area contributed by atoms with Crippen molar-refractivity contribution < 1.29 is 13.2 Å². The van der Waals surface area contributed by atoms with Gasteiger partial charge in [0.1, 0.15) is 4.21 Å². The molecule has 4 rings (SSSR count). The summed E-state index contributed by atoms with van der Waals surface area (Å²) < 4.78 is 24.0. The molecular formula is C24H21N5O3S2. The van der Waals surface area contributed by atoms with Crippen LogP contribution in [0.3, 0.4) is 0 Å². The molecule has 2 heterocycles. The number of amides is 1. The lowest BCUT2D eigenvalue weighted by Crippen LogP contribution is -2.14. The molecule has 0 aliphatic carbocycles. The minimum Gasteiger partial charge on any atom is -0.323 e. The molecule has 2 aromatic heterocycles. The Morgan fingerprint density at radius 3 is 2.53 bits per heavy atom. The zero-order valence-electron chi connectivity index (χ0n) is 18.1. The number of sulfonamides is 1. The molecule has 0 atom stereocenters. The fourth-order valence-electron chi connectivity index (χ4n) is 3.51. The van der Waals surface area contributed by atoms with Crippen LogP contribution in [0.5, 0.6) is 0 Å². The van der Waals surface area contributed by atoms with Crippen LogP contribution < -0.4 is 16.3 Å². The molecule has 4 aromatic rings. The van der Waals surface area contributed by atoms with Gasteiger partial charge in [-0.25, -0.2) is 13.6 Å². The van der Waals surface area contributed by atoms with Crippen LogP contribution >= 0.6 is 11.3 Å². The van der Waals surface area contributed by atoms with Crippen molar-refractivity contribution >= 4 is 39.2 Å². The monoisotopic (exact) mass is 491 g/mol. The Balaban J connectivity index is 1.60. The molecule has 0 aliphatic heterocycles. The number of aromatic nitrogens is 1. The van der Waals surface area contributed by atoms with Crippen LogP contribution in [0.25, 0.3) is 22.4 Å². The number of hydrogen-bond donors (Lipinski definition) is 3. The first kappa shape index (κ1) is 23.3. The Morgan fingerprint density at radius 1 is 1.06 bits per heavy atom. The first-order valence-electron chi connectivity index (χ1n) is 10.1. The highest BCUT2D eigenvalue weighted by Gasteiger charge is 2.19. The number of hydrazone groups is 1. The van der Waals surface area contributed by atoms with Gasteiger partial charge in [0.25, 0.3) is 5.91 Å². The normalized spacial score (nSPS) is 11.6. The zero-order valence-corrected chi connectivity index (χ0v) is 19.7. The lowest BCUT2D eigenvalue weighted by molar-refractivity contribution is 0.102. The van der Waals surface area contributed by atoms with E-state index in [1.807, 2.05) is 31.2 Å². The maximum atomic E-state index is 13.1. The van der Waals surface area contributed by atoms with Crippen LogP contribution in [-0.2, 0) is 10.0 Å². The summed E-state index contributed by atoms with van der Waals surface area (Å²) in [6, 6.07) is 19.5. The topological polar surface area (TPSA) is 141 Å². The number of thiophene rings is 1. The Kier molecular flexibility index (Phi) is 6.55. The van der Waals surface area contributed by atoms with Crippen molar-refractivity contribution in [1.29, 1.82) is 0 Å². The molecule has 1 amide bonds. The first-order chi connectivity index (χ1) is 16.3. The number of anilines is 1.